The van der Waals surface area contributed by atoms with Crippen molar-refractivity contribution < 1.29 is 33.3 Å². The number of carbonyl (C=O) groups excluding carboxylic acids is 3. The summed E-state index contributed by atoms with van der Waals surface area (Å²) in [6, 6.07) is 30.6. The van der Waals surface area contributed by atoms with Gasteiger partial charge in [-0.3, -0.25) is 0 Å². The van der Waals surface area contributed by atoms with Gasteiger partial charge >= 0.3 is 17.9 Å². The van der Waals surface area contributed by atoms with Gasteiger partial charge in [0.1, 0.15) is 17.2 Å². The van der Waals surface area contributed by atoms with E-state index < -0.39 is 23.5 Å². The molecule has 0 bridgehead atoms. The van der Waals surface area contributed by atoms with Crippen LogP contribution in [-0.2, 0) is 10.3 Å². The highest BCUT2D eigenvalue weighted by Crippen LogP contribution is 2.58. The Morgan fingerprint density at radius 2 is 1.35 bits per heavy atom. The van der Waals surface area contributed by atoms with Crippen molar-refractivity contribution in [2.24, 2.45) is 0 Å². The minimum atomic E-state index is -1.42. The molecule has 8 heteroatoms. The second-order valence-electron chi connectivity index (χ2n) is 10.1. The smallest absolute Gasteiger partial charge is 0.343 e. The van der Waals surface area contributed by atoms with E-state index in [4.69, 9.17) is 30.5 Å². The number of hydrogen-bond acceptors (Lipinski definition) is 7. The highest BCUT2D eigenvalue weighted by atomic mass is 35.5. The van der Waals surface area contributed by atoms with Crippen molar-refractivity contribution in [2.75, 3.05) is 0 Å². The molecule has 210 valence electrons. The van der Waals surface area contributed by atoms with Gasteiger partial charge in [-0.05, 0) is 55.0 Å². The molecule has 2 aliphatic rings. The predicted octanol–water partition coefficient (Wildman–Crippen LogP) is 7.65. The number of halogens is 1. The van der Waals surface area contributed by atoms with Crippen molar-refractivity contribution in [3.8, 4) is 23.0 Å². The van der Waals surface area contributed by atoms with Gasteiger partial charge in [-0.15, -0.1) is 0 Å². The van der Waals surface area contributed by atoms with Crippen molar-refractivity contribution in [1.82, 2.24) is 0 Å². The first-order valence-electron chi connectivity index (χ1n) is 13.4. The van der Waals surface area contributed by atoms with Crippen LogP contribution in [0.4, 0.5) is 0 Å². The van der Waals surface area contributed by atoms with Crippen LogP contribution in [0.3, 0.4) is 0 Å². The van der Waals surface area contributed by atoms with Gasteiger partial charge in [0.05, 0.1) is 21.7 Å². The Bertz CT molecular complexity index is 1950. The highest BCUT2D eigenvalue weighted by molar-refractivity contribution is 6.32. The van der Waals surface area contributed by atoms with E-state index in [1.165, 1.54) is 6.07 Å². The summed E-state index contributed by atoms with van der Waals surface area (Å²) in [7, 11) is 0. The Balaban J connectivity index is 1.36. The Labute approximate surface area is 251 Å². The Morgan fingerprint density at radius 3 is 2.05 bits per heavy atom. The lowest BCUT2D eigenvalue weighted by Crippen LogP contribution is -2.33. The zero-order valence-corrected chi connectivity index (χ0v) is 23.4. The average Bonchev–Trinajstić information content (AvgIpc) is 3.32. The zero-order chi connectivity index (χ0) is 29.7. The molecule has 0 fully saturated rings. The molecule has 0 amide bonds. The minimum Gasteiger partial charge on any atom is -0.456 e. The fourth-order valence-corrected chi connectivity index (χ4v) is 5.73. The molecular formula is C35H21ClO7. The molecule has 0 saturated carbocycles. The van der Waals surface area contributed by atoms with E-state index in [-0.39, 0.29) is 28.0 Å². The lowest BCUT2D eigenvalue weighted by molar-refractivity contribution is 0.0224. The quantitative estimate of drug-likeness (QED) is 0.157. The predicted molar refractivity (Wildman–Crippen MR) is 157 cm³/mol. The van der Waals surface area contributed by atoms with Gasteiger partial charge in [0, 0.05) is 28.8 Å². The van der Waals surface area contributed by atoms with E-state index in [0.717, 1.165) is 5.56 Å². The summed E-state index contributed by atoms with van der Waals surface area (Å²) in [5.41, 5.74) is 2.09. The van der Waals surface area contributed by atoms with E-state index in [1.807, 2.05) is 25.1 Å². The number of esters is 3. The molecule has 1 unspecified atom stereocenters. The molecule has 0 aliphatic carbocycles. The standard InChI is InChI=1S/C35H21ClO7/c1-20-9-8-14-25-31(20)34(39)43-35(25)24-16-15-23(40-32(37)21-10-4-2-5-11-21)17-28(24)41-29-19-30(27(36)18-26(29)35)42-33(38)22-12-6-3-7-13-22/h2-19H,1H3. The van der Waals surface area contributed by atoms with Crippen LogP contribution < -0.4 is 14.2 Å². The van der Waals surface area contributed by atoms with Crippen molar-refractivity contribution >= 4 is 29.5 Å². The van der Waals surface area contributed by atoms with Gasteiger partial charge in [0.25, 0.3) is 0 Å². The maximum atomic E-state index is 13.4. The maximum absolute atomic E-state index is 13.4. The van der Waals surface area contributed by atoms with Crippen LogP contribution in [0.5, 0.6) is 23.0 Å². The monoisotopic (exact) mass is 588 g/mol. The first-order chi connectivity index (χ1) is 20.8. The van der Waals surface area contributed by atoms with E-state index in [9.17, 15) is 14.4 Å². The van der Waals surface area contributed by atoms with Gasteiger partial charge in [-0.25, -0.2) is 14.4 Å². The number of hydrogen-bond donors (Lipinski definition) is 0. The lowest BCUT2D eigenvalue weighted by atomic mass is 9.77. The fraction of sp³-hybridized carbons (Fsp3) is 0.0571. The second kappa shape index (κ2) is 10.2. The van der Waals surface area contributed by atoms with Gasteiger partial charge in [-0.1, -0.05) is 66.2 Å². The first-order valence-corrected chi connectivity index (χ1v) is 13.8. The van der Waals surface area contributed by atoms with Crippen molar-refractivity contribution in [2.45, 2.75) is 12.5 Å². The largest absolute Gasteiger partial charge is 0.456 e. The summed E-state index contributed by atoms with van der Waals surface area (Å²) in [4.78, 5) is 39.0. The van der Waals surface area contributed by atoms with E-state index in [2.05, 4.69) is 0 Å². The number of benzene rings is 5. The maximum Gasteiger partial charge on any atom is 0.343 e. The van der Waals surface area contributed by atoms with E-state index >= 15 is 0 Å². The van der Waals surface area contributed by atoms with Gasteiger partial charge < -0.3 is 18.9 Å². The molecular weight excluding hydrogens is 568 g/mol. The van der Waals surface area contributed by atoms with Crippen LogP contribution in [0.15, 0.2) is 109 Å². The van der Waals surface area contributed by atoms with Crippen LogP contribution in [0, 0.1) is 6.92 Å². The Kier molecular flexibility index (Phi) is 6.25. The number of ether oxygens (including phenoxy) is 4. The molecule has 0 N–H and O–H groups in total. The van der Waals surface area contributed by atoms with Crippen LogP contribution in [0.25, 0.3) is 0 Å². The molecule has 0 radical (unpaired) electrons. The molecule has 1 spiro atoms. The van der Waals surface area contributed by atoms with Gasteiger partial charge in [-0.2, -0.15) is 0 Å². The zero-order valence-electron chi connectivity index (χ0n) is 22.6. The third-order valence-corrected chi connectivity index (χ3v) is 7.80. The SMILES string of the molecule is Cc1cccc2c1C(=O)OC21c2ccc(OC(=O)c3ccccc3)cc2Oc2cc(OC(=O)c3ccccc3)c(Cl)cc21. The lowest BCUT2D eigenvalue weighted by Gasteiger charge is -2.37. The first kappa shape index (κ1) is 26.5. The van der Waals surface area contributed by atoms with Crippen molar-refractivity contribution in [3.63, 3.8) is 0 Å². The number of carbonyl (C=O) groups is 3. The van der Waals surface area contributed by atoms with E-state index in [0.29, 0.717) is 33.4 Å². The number of aryl methyl sites for hydroxylation is 1. The number of fused-ring (bicyclic) bond motifs is 6. The molecule has 0 saturated heterocycles. The van der Waals surface area contributed by atoms with E-state index in [1.54, 1.807) is 84.9 Å². The minimum absolute atomic E-state index is 0.0633. The highest BCUT2D eigenvalue weighted by Gasteiger charge is 2.54. The topological polar surface area (TPSA) is 88.1 Å². The van der Waals surface area contributed by atoms with Gasteiger partial charge in [0.15, 0.2) is 11.4 Å². The molecule has 5 aromatic carbocycles. The summed E-state index contributed by atoms with van der Waals surface area (Å²) in [6.07, 6.45) is 0. The average molecular weight is 589 g/mol. The van der Waals surface area contributed by atoms with Crippen molar-refractivity contribution in [3.05, 3.63) is 153 Å². The summed E-state index contributed by atoms with van der Waals surface area (Å²) >= 11 is 6.69. The molecule has 7 nitrogen and oxygen atoms in total. The summed E-state index contributed by atoms with van der Waals surface area (Å²) in [5, 5.41) is 0.125. The molecule has 5 aromatic rings. The Hall–Kier alpha value is -5.40. The van der Waals surface area contributed by atoms with Crippen LogP contribution in [0.1, 0.15) is 53.3 Å². The molecule has 2 aliphatic heterocycles. The molecule has 2 heterocycles. The third kappa shape index (κ3) is 4.33. The summed E-state index contributed by atoms with van der Waals surface area (Å²) in [5.74, 6) is -0.810. The Morgan fingerprint density at radius 1 is 0.698 bits per heavy atom. The molecule has 0 aromatic heterocycles. The third-order valence-electron chi connectivity index (χ3n) is 7.50. The molecule has 7 rings (SSSR count). The normalized spacial score (nSPS) is 15.9. The van der Waals surface area contributed by atoms with Gasteiger partial charge in [0.2, 0.25) is 0 Å². The van der Waals surface area contributed by atoms with Crippen molar-refractivity contribution in [1.29, 1.82) is 0 Å². The van der Waals surface area contributed by atoms with Crippen LogP contribution in [-0.4, -0.2) is 17.9 Å². The fourth-order valence-electron chi connectivity index (χ4n) is 5.53. The van der Waals surface area contributed by atoms with Crippen LogP contribution >= 0.6 is 11.6 Å². The summed E-state index contributed by atoms with van der Waals surface area (Å²) < 4.78 is 23.8. The summed E-state index contributed by atoms with van der Waals surface area (Å²) in [6.45, 7) is 1.84. The van der Waals surface area contributed by atoms with Crippen LogP contribution in [0.2, 0.25) is 5.02 Å². The second-order valence-corrected chi connectivity index (χ2v) is 10.5. The number of rotatable bonds is 4. The molecule has 1 atom stereocenters. The molecule has 43 heavy (non-hydrogen) atoms.